The molecule has 1 saturated heterocycles. The van der Waals surface area contributed by atoms with Gasteiger partial charge in [-0.15, -0.1) is 11.3 Å². The van der Waals surface area contributed by atoms with Crippen LogP contribution in [0.25, 0.3) is 0 Å². The Morgan fingerprint density at radius 3 is 2.19 bits per heavy atom. The molecule has 4 rings (SSSR count). The minimum absolute atomic E-state index is 0.0945. The number of likely N-dealkylation sites (tertiary alicyclic amines) is 1. The van der Waals surface area contributed by atoms with Crippen LogP contribution in [0.15, 0.2) is 18.5 Å². The van der Waals surface area contributed by atoms with Gasteiger partial charge in [0.2, 0.25) is 0 Å². The number of thiophene rings is 1. The van der Waals surface area contributed by atoms with Gasteiger partial charge in [0.25, 0.3) is 0 Å². The van der Waals surface area contributed by atoms with E-state index in [1.807, 2.05) is 11.3 Å². The summed E-state index contributed by atoms with van der Waals surface area (Å²) in [6, 6.07) is 2.84. The van der Waals surface area contributed by atoms with Crippen LogP contribution in [0.3, 0.4) is 0 Å². The fourth-order valence-electron chi connectivity index (χ4n) is 5.86. The molecule has 2 aliphatic rings. The Labute approximate surface area is 269 Å². The zero-order chi connectivity index (χ0) is 32.1. The first kappa shape index (κ1) is 35.0. The molecular formula is C34H61N3O3SSi2. The van der Waals surface area contributed by atoms with Crippen LogP contribution >= 0.6 is 11.3 Å². The summed E-state index contributed by atoms with van der Waals surface area (Å²) in [7, 11) is -3.81. The zero-order valence-corrected chi connectivity index (χ0v) is 32.5. The molecule has 0 bridgehead atoms. The van der Waals surface area contributed by atoms with Crippen molar-refractivity contribution in [3.8, 4) is 0 Å². The normalized spacial score (nSPS) is 22.8. The SMILES string of the molecule is Cc1cc2c(s1)[C@]1(CCN(Cc3cnn(CC(C)(CO[Si](C)(C)C(C)(C)C)CO[Si](C)(C)C(C)(C)C)c3)[C@@H](C)C1)OCC2. The van der Waals surface area contributed by atoms with Crippen LogP contribution in [0.5, 0.6) is 0 Å². The molecule has 0 aromatic carbocycles. The molecule has 43 heavy (non-hydrogen) atoms. The van der Waals surface area contributed by atoms with E-state index in [9.17, 15) is 0 Å². The highest BCUT2D eigenvalue weighted by atomic mass is 32.1. The third kappa shape index (κ3) is 7.95. The van der Waals surface area contributed by atoms with Crippen molar-refractivity contribution in [2.75, 3.05) is 26.4 Å². The Morgan fingerprint density at radius 2 is 1.63 bits per heavy atom. The van der Waals surface area contributed by atoms with Crippen molar-refractivity contribution in [2.24, 2.45) is 5.41 Å². The average Bonchev–Trinajstić information content (AvgIpc) is 3.48. The van der Waals surface area contributed by atoms with Crippen molar-refractivity contribution in [1.29, 1.82) is 0 Å². The van der Waals surface area contributed by atoms with Gasteiger partial charge in [0.05, 0.1) is 19.3 Å². The summed E-state index contributed by atoms with van der Waals surface area (Å²) < 4.78 is 22.3. The summed E-state index contributed by atoms with van der Waals surface area (Å²) in [6.07, 6.45) is 7.50. The van der Waals surface area contributed by atoms with E-state index in [0.29, 0.717) is 19.3 Å². The van der Waals surface area contributed by atoms with Crippen LogP contribution in [0.2, 0.25) is 36.3 Å². The molecule has 1 spiro atoms. The maximum Gasteiger partial charge on any atom is 0.192 e. The largest absolute Gasteiger partial charge is 0.416 e. The minimum atomic E-state index is -1.90. The van der Waals surface area contributed by atoms with Gasteiger partial charge >= 0.3 is 0 Å². The lowest BCUT2D eigenvalue weighted by atomic mass is 9.82. The number of piperidine rings is 1. The van der Waals surface area contributed by atoms with E-state index in [4.69, 9.17) is 18.7 Å². The Hall–Kier alpha value is -0.816. The first-order valence-electron chi connectivity index (χ1n) is 16.4. The van der Waals surface area contributed by atoms with Gasteiger partial charge in [0.1, 0.15) is 5.60 Å². The van der Waals surface area contributed by atoms with E-state index in [0.717, 1.165) is 45.5 Å². The fraction of sp³-hybridized carbons (Fsp3) is 0.794. The first-order valence-corrected chi connectivity index (χ1v) is 23.1. The van der Waals surface area contributed by atoms with Crippen molar-refractivity contribution >= 4 is 28.0 Å². The van der Waals surface area contributed by atoms with Gasteiger partial charge in [0.15, 0.2) is 16.6 Å². The van der Waals surface area contributed by atoms with Crippen LogP contribution in [-0.2, 0) is 38.7 Å². The molecule has 0 radical (unpaired) electrons. The quantitative estimate of drug-likeness (QED) is 0.241. The van der Waals surface area contributed by atoms with Crippen molar-refractivity contribution < 1.29 is 13.6 Å². The van der Waals surface area contributed by atoms with Gasteiger partial charge in [-0.2, -0.15) is 5.10 Å². The number of fused-ring (bicyclic) bond motifs is 2. The summed E-state index contributed by atoms with van der Waals surface area (Å²) in [6.45, 7) is 35.1. The average molecular weight is 648 g/mol. The minimum Gasteiger partial charge on any atom is -0.416 e. The molecule has 0 aliphatic carbocycles. The summed E-state index contributed by atoms with van der Waals surface area (Å²) in [5, 5.41) is 5.21. The molecule has 2 aromatic rings. The van der Waals surface area contributed by atoms with Crippen LogP contribution in [0.1, 0.15) is 89.1 Å². The monoisotopic (exact) mass is 647 g/mol. The second-order valence-corrected chi connectivity index (χ2v) is 27.9. The molecule has 2 aromatic heterocycles. The van der Waals surface area contributed by atoms with Gasteiger partial charge in [-0.3, -0.25) is 9.58 Å². The molecule has 0 unspecified atom stereocenters. The maximum atomic E-state index is 6.82. The topological polar surface area (TPSA) is 48.8 Å². The molecule has 0 amide bonds. The Balaban J connectivity index is 1.44. The highest BCUT2D eigenvalue weighted by Crippen LogP contribution is 2.47. The van der Waals surface area contributed by atoms with E-state index in [-0.39, 0.29) is 21.1 Å². The van der Waals surface area contributed by atoms with Gasteiger partial charge in [-0.05, 0) is 81.0 Å². The Kier molecular flexibility index (Phi) is 10.1. The van der Waals surface area contributed by atoms with Crippen molar-refractivity contribution in [1.82, 2.24) is 14.7 Å². The second-order valence-electron chi connectivity index (χ2n) is 17.0. The van der Waals surface area contributed by atoms with E-state index in [1.54, 1.807) is 0 Å². The van der Waals surface area contributed by atoms with Crippen LogP contribution in [0, 0.1) is 12.3 Å². The molecule has 2 atom stereocenters. The van der Waals surface area contributed by atoms with Crippen LogP contribution in [0.4, 0.5) is 0 Å². The molecule has 244 valence electrons. The van der Waals surface area contributed by atoms with Gasteiger partial charge < -0.3 is 13.6 Å². The van der Waals surface area contributed by atoms with Crippen molar-refractivity contribution in [2.45, 2.75) is 143 Å². The number of nitrogens with zero attached hydrogens (tertiary/aromatic N) is 3. The molecule has 1 fully saturated rings. The summed E-state index contributed by atoms with van der Waals surface area (Å²) >= 11 is 1.95. The number of hydrogen-bond donors (Lipinski definition) is 0. The van der Waals surface area contributed by atoms with Gasteiger partial charge in [-0.25, -0.2) is 0 Å². The number of ether oxygens (including phenoxy) is 1. The molecular weight excluding hydrogens is 587 g/mol. The van der Waals surface area contributed by atoms with Crippen LogP contribution < -0.4 is 0 Å². The molecule has 6 nitrogen and oxygen atoms in total. The highest BCUT2D eigenvalue weighted by molar-refractivity contribution is 7.12. The Morgan fingerprint density at radius 1 is 1.02 bits per heavy atom. The summed E-state index contributed by atoms with van der Waals surface area (Å²) in [5.74, 6) is 0. The van der Waals surface area contributed by atoms with E-state index in [1.165, 1.54) is 20.9 Å². The molecule has 0 N–H and O–H groups in total. The third-order valence-electron chi connectivity index (χ3n) is 10.9. The maximum absolute atomic E-state index is 6.82. The summed E-state index contributed by atoms with van der Waals surface area (Å²) in [5.41, 5.74) is 2.53. The van der Waals surface area contributed by atoms with E-state index in [2.05, 4.69) is 117 Å². The standard InChI is InChI=1S/C34H61N3O3SSi2/c1-26-19-34(30-29(14-17-38-34)18-27(2)41-30)15-16-36(26)21-28-20-35-37(22-28)23-33(9,24-39-42(10,11)31(3,4)5)25-40-43(12,13)32(6,7)8/h18,20,22,26H,14-17,19,21,23-25H2,1-13H3/t26-,34+/m0/s1. The lowest BCUT2D eigenvalue weighted by molar-refractivity contribution is -0.110. The second kappa shape index (κ2) is 12.4. The summed E-state index contributed by atoms with van der Waals surface area (Å²) in [4.78, 5) is 5.52. The molecule has 0 saturated carbocycles. The number of hydrogen-bond acceptors (Lipinski definition) is 6. The smallest absolute Gasteiger partial charge is 0.192 e. The molecule has 9 heteroatoms. The predicted molar refractivity (Wildman–Crippen MR) is 186 cm³/mol. The fourth-order valence-corrected chi connectivity index (χ4v) is 9.39. The van der Waals surface area contributed by atoms with E-state index < -0.39 is 16.6 Å². The lowest BCUT2D eigenvalue weighted by Crippen LogP contribution is -2.49. The number of aromatic nitrogens is 2. The predicted octanol–water partition coefficient (Wildman–Crippen LogP) is 8.76. The third-order valence-corrected chi connectivity index (χ3v) is 21.2. The Bertz CT molecular complexity index is 1210. The first-order chi connectivity index (χ1) is 19.7. The van der Waals surface area contributed by atoms with Crippen molar-refractivity contribution in [3.63, 3.8) is 0 Å². The zero-order valence-electron chi connectivity index (χ0n) is 29.6. The number of rotatable bonds is 10. The number of aryl methyl sites for hydroxylation is 1. The van der Waals surface area contributed by atoms with E-state index >= 15 is 0 Å². The van der Waals surface area contributed by atoms with Gasteiger partial charge in [-0.1, -0.05) is 48.5 Å². The lowest BCUT2D eigenvalue weighted by Gasteiger charge is -2.47. The highest BCUT2D eigenvalue weighted by Gasteiger charge is 2.45. The molecule has 4 heterocycles. The van der Waals surface area contributed by atoms with Crippen molar-refractivity contribution in [3.05, 3.63) is 39.3 Å². The van der Waals surface area contributed by atoms with Gasteiger partial charge in [0, 0.05) is 59.3 Å². The van der Waals surface area contributed by atoms with Crippen LogP contribution in [-0.4, -0.2) is 63.7 Å². The molecule has 2 aliphatic heterocycles.